The molecule has 2 aromatic carbocycles. The zero-order valence-electron chi connectivity index (χ0n) is 17.0. The monoisotopic (exact) mass is 417 g/mol. The first-order valence-corrected chi connectivity index (χ1v) is 10.7. The van der Waals surface area contributed by atoms with Crippen LogP contribution in [0.1, 0.15) is 50.2 Å². The molecule has 0 radical (unpaired) electrons. The molecule has 0 heterocycles. The van der Waals surface area contributed by atoms with Gasteiger partial charge in [0, 0.05) is 17.6 Å². The van der Waals surface area contributed by atoms with Crippen molar-refractivity contribution in [1.29, 1.82) is 0 Å². The van der Waals surface area contributed by atoms with Crippen molar-refractivity contribution < 1.29 is 13.9 Å². The maximum absolute atomic E-state index is 13.1. The second-order valence-electron chi connectivity index (χ2n) is 7.27. The summed E-state index contributed by atoms with van der Waals surface area (Å²) in [5.41, 5.74) is 3.43. The maximum Gasteiger partial charge on any atom is 0.163 e. The van der Waals surface area contributed by atoms with E-state index < -0.39 is 0 Å². The predicted molar refractivity (Wildman–Crippen MR) is 116 cm³/mol. The zero-order valence-corrected chi connectivity index (χ0v) is 17.7. The van der Waals surface area contributed by atoms with Gasteiger partial charge in [-0.15, -0.1) is 0 Å². The van der Waals surface area contributed by atoms with Gasteiger partial charge in [0.05, 0.1) is 6.61 Å². The predicted octanol–water partition coefficient (Wildman–Crippen LogP) is 6.44. The molecule has 3 nitrogen and oxygen atoms in total. The molecule has 3 rings (SSSR count). The van der Waals surface area contributed by atoms with Crippen LogP contribution in [0.2, 0.25) is 5.02 Å². The molecule has 0 saturated carbocycles. The van der Waals surface area contributed by atoms with E-state index in [0.29, 0.717) is 36.3 Å². The summed E-state index contributed by atoms with van der Waals surface area (Å²) in [7, 11) is 0. The van der Waals surface area contributed by atoms with E-state index in [-0.39, 0.29) is 5.82 Å². The summed E-state index contributed by atoms with van der Waals surface area (Å²) in [5.74, 6) is 1.01. The first kappa shape index (κ1) is 21.7. The van der Waals surface area contributed by atoms with Gasteiger partial charge < -0.3 is 14.8 Å². The normalized spacial score (nSPS) is 13.8. The van der Waals surface area contributed by atoms with Gasteiger partial charge in [0.15, 0.2) is 11.5 Å². The van der Waals surface area contributed by atoms with Crippen molar-refractivity contribution in [3.8, 4) is 11.5 Å². The van der Waals surface area contributed by atoms with Crippen molar-refractivity contribution in [3.63, 3.8) is 0 Å². The van der Waals surface area contributed by atoms with Crippen LogP contribution in [0.5, 0.6) is 11.5 Å². The van der Waals surface area contributed by atoms with Crippen LogP contribution in [0.25, 0.3) is 0 Å². The summed E-state index contributed by atoms with van der Waals surface area (Å²) < 4.78 is 24.7. The van der Waals surface area contributed by atoms with Gasteiger partial charge in [0.25, 0.3) is 0 Å². The second kappa shape index (κ2) is 11.2. The summed E-state index contributed by atoms with van der Waals surface area (Å²) in [6, 6.07) is 10.0. The van der Waals surface area contributed by atoms with E-state index in [2.05, 4.69) is 11.4 Å². The third-order valence-electron chi connectivity index (χ3n) is 5.04. The average molecular weight is 418 g/mol. The van der Waals surface area contributed by atoms with Crippen LogP contribution in [0.3, 0.4) is 0 Å². The maximum atomic E-state index is 13.1. The van der Waals surface area contributed by atoms with Crippen LogP contribution >= 0.6 is 11.6 Å². The molecule has 0 saturated heterocycles. The number of hydrogen-bond donors (Lipinski definition) is 1. The van der Waals surface area contributed by atoms with Crippen LogP contribution in [0.15, 0.2) is 48.0 Å². The first-order valence-electron chi connectivity index (χ1n) is 10.4. The molecule has 0 unspecified atom stereocenters. The Labute approximate surface area is 177 Å². The van der Waals surface area contributed by atoms with Crippen LogP contribution in [-0.2, 0) is 13.2 Å². The molecule has 0 fully saturated rings. The highest BCUT2D eigenvalue weighted by atomic mass is 35.5. The van der Waals surface area contributed by atoms with E-state index in [4.69, 9.17) is 21.1 Å². The van der Waals surface area contributed by atoms with Gasteiger partial charge in [-0.05, 0) is 74.9 Å². The smallest absolute Gasteiger partial charge is 0.163 e. The lowest BCUT2D eigenvalue weighted by molar-refractivity contribution is 0.269. The lowest BCUT2D eigenvalue weighted by Gasteiger charge is -2.16. The summed E-state index contributed by atoms with van der Waals surface area (Å²) >= 11 is 6.50. The average Bonchev–Trinajstić information content (AvgIpc) is 2.74. The molecular formula is C24H29ClFNO2. The van der Waals surface area contributed by atoms with Gasteiger partial charge in [-0.25, -0.2) is 4.39 Å². The van der Waals surface area contributed by atoms with Gasteiger partial charge in [-0.3, -0.25) is 0 Å². The molecule has 0 spiro atoms. The molecule has 0 amide bonds. The number of halogens is 2. The van der Waals surface area contributed by atoms with Gasteiger partial charge >= 0.3 is 0 Å². The quantitative estimate of drug-likeness (QED) is 0.356. The third kappa shape index (κ3) is 6.76. The van der Waals surface area contributed by atoms with Crippen LogP contribution in [0, 0.1) is 5.82 Å². The highest BCUT2D eigenvalue weighted by Gasteiger charge is 2.12. The lowest BCUT2D eigenvalue weighted by atomic mass is 9.97. The number of benzene rings is 2. The van der Waals surface area contributed by atoms with Gasteiger partial charge in [-0.2, -0.15) is 0 Å². The second-order valence-corrected chi connectivity index (χ2v) is 7.68. The van der Waals surface area contributed by atoms with Crippen molar-refractivity contribution in [2.75, 3.05) is 13.2 Å². The van der Waals surface area contributed by atoms with Crippen molar-refractivity contribution in [3.05, 3.63) is 70.0 Å². The summed E-state index contributed by atoms with van der Waals surface area (Å²) in [4.78, 5) is 0. The van der Waals surface area contributed by atoms with Crippen molar-refractivity contribution >= 4 is 11.6 Å². The number of rotatable bonds is 10. The molecule has 1 aliphatic rings. The van der Waals surface area contributed by atoms with Crippen molar-refractivity contribution in [2.45, 2.75) is 52.2 Å². The third-order valence-corrected chi connectivity index (χ3v) is 5.40. The number of hydrogen-bond acceptors (Lipinski definition) is 3. The Morgan fingerprint density at radius 3 is 2.59 bits per heavy atom. The van der Waals surface area contributed by atoms with E-state index in [1.807, 2.05) is 13.0 Å². The fourth-order valence-electron chi connectivity index (χ4n) is 3.44. The molecule has 2 aromatic rings. The number of nitrogens with one attached hydrogen (secondary N) is 1. The molecule has 0 aliphatic heterocycles. The Hall–Kier alpha value is -2.04. The first-order chi connectivity index (χ1) is 14.2. The Morgan fingerprint density at radius 1 is 1.07 bits per heavy atom. The lowest BCUT2D eigenvalue weighted by Crippen LogP contribution is -2.16. The zero-order chi connectivity index (χ0) is 20.5. The van der Waals surface area contributed by atoms with Gasteiger partial charge in [-0.1, -0.05) is 35.4 Å². The Morgan fingerprint density at radius 2 is 1.86 bits per heavy atom. The van der Waals surface area contributed by atoms with E-state index in [0.717, 1.165) is 24.1 Å². The molecule has 0 aromatic heterocycles. The summed E-state index contributed by atoms with van der Waals surface area (Å²) in [6.45, 7) is 4.42. The number of ether oxygens (including phenoxy) is 2. The van der Waals surface area contributed by atoms with Crippen LogP contribution in [-0.4, -0.2) is 13.2 Å². The Bertz CT molecular complexity index is 820. The van der Waals surface area contributed by atoms with E-state index >= 15 is 0 Å². The SMILES string of the molecule is CCOc1cc(CNCCC2=CCCCC2)c(Cl)cc1OCc1ccc(F)cc1. The van der Waals surface area contributed by atoms with Gasteiger partial charge in [0.2, 0.25) is 0 Å². The molecule has 1 aliphatic carbocycles. The van der Waals surface area contributed by atoms with Crippen molar-refractivity contribution in [2.24, 2.45) is 0 Å². The van der Waals surface area contributed by atoms with Crippen molar-refractivity contribution in [1.82, 2.24) is 5.32 Å². The number of allylic oxidation sites excluding steroid dienone is 1. The summed E-state index contributed by atoms with van der Waals surface area (Å²) in [5, 5.41) is 4.13. The minimum Gasteiger partial charge on any atom is -0.490 e. The Kier molecular flexibility index (Phi) is 8.38. The van der Waals surface area contributed by atoms with Crippen LogP contribution in [0.4, 0.5) is 4.39 Å². The molecule has 5 heteroatoms. The molecule has 0 atom stereocenters. The van der Waals surface area contributed by atoms with E-state index in [1.54, 1.807) is 23.8 Å². The summed E-state index contributed by atoms with van der Waals surface area (Å²) in [6.07, 6.45) is 8.57. The molecule has 156 valence electrons. The Balaban J connectivity index is 1.59. The molecule has 1 N–H and O–H groups in total. The van der Waals surface area contributed by atoms with Gasteiger partial charge in [0.1, 0.15) is 12.4 Å². The topological polar surface area (TPSA) is 30.5 Å². The molecule has 0 bridgehead atoms. The highest BCUT2D eigenvalue weighted by Crippen LogP contribution is 2.34. The largest absolute Gasteiger partial charge is 0.490 e. The minimum atomic E-state index is -0.261. The van der Waals surface area contributed by atoms with E-state index in [9.17, 15) is 4.39 Å². The fraction of sp³-hybridized carbons (Fsp3) is 0.417. The standard InChI is InChI=1S/C24H29ClFNO2/c1-2-28-23-14-20(16-27-13-12-18-6-4-3-5-7-18)22(25)15-24(23)29-17-19-8-10-21(26)11-9-19/h6,8-11,14-15,27H,2-5,7,12-13,16-17H2,1H3. The highest BCUT2D eigenvalue weighted by molar-refractivity contribution is 6.31. The molecule has 29 heavy (non-hydrogen) atoms. The molecular weight excluding hydrogens is 389 g/mol. The minimum absolute atomic E-state index is 0.261. The van der Waals surface area contributed by atoms with Crippen LogP contribution < -0.4 is 14.8 Å². The van der Waals surface area contributed by atoms with E-state index in [1.165, 1.54) is 37.8 Å². The fourth-order valence-corrected chi connectivity index (χ4v) is 3.66.